The average Bonchev–Trinajstić information content (AvgIpc) is 2.35. The molecule has 1 aromatic heterocycles. The standard InChI is InChI=1S/C14H18N2O2/c1-8-7-12(18-4)14-10(16-8)5-6-11(17-3)13(14)9(2)15/h5-7,9H,15H2,1-4H3. The summed E-state index contributed by atoms with van der Waals surface area (Å²) in [5.41, 5.74) is 8.78. The van der Waals surface area contributed by atoms with E-state index in [0.717, 1.165) is 33.7 Å². The van der Waals surface area contributed by atoms with Gasteiger partial charge in [-0.2, -0.15) is 0 Å². The molecule has 0 bridgehead atoms. The first-order chi connectivity index (χ1) is 8.58. The summed E-state index contributed by atoms with van der Waals surface area (Å²) < 4.78 is 10.8. The molecule has 0 radical (unpaired) electrons. The van der Waals surface area contributed by atoms with E-state index in [1.807, 2.05) is 32.0 Å². The monoisotopic (exact) mass is 246 g/mol. The molecule has 0 aliphatic rings. The first kappa shape index (κ1) is 12.6. The van der Waals surface area contributed by atoms with Crippen molar-refractivity contribution < 1.29 is 9.47 Å². The molecule has 1 unspecified atom stereocenters. The van der Waals surface area contributed by atoms with Crippen molar-refractivity contribution >= 4 is 10.9 Å². The summed E-state index contributed by atoms with van der Waals surface area (Å²) in [5.74, 6) is 1.55. The van der Waals surface area contributed by atoms with Gasteiger partial charge in [-0.15, -0.1) is 0 Å². The van der Waals surface area contributed by atoms with Gasteiger partial charge in [-0.3, -0.25) is 4.98 Å². The van der Waals surface area contributed by atoms with E-state index in [2.05, 4.69) is 4.98 Å². The molecule has 1 aromatic carbocycles. The van der Waals surface area contributed by atoms with Gasteiger partial charge in [-0.1, -0.05) is 0 Å². The summed E-state index contributed by atoms with van der Waals surface area (Å²) in [6, 6.07) is 5.58. The van der Waals surface area contributed by atoms with Crippen LogP contribution in [0.4, 0.5) is 0 Å². The Labute approximate surface area is 107 Å². The summed E-state index contributed by atoms with van der Waals surface area (Å²) in [4.78, 5) is 4.51. The number of nitrogens with two attached hydrogens (primary N) is 1. The number of benzene rings is 1. The smallest absolute Gasteiger partial charge is 0.130 e. The Morgan fingerprint density at radius 2 is 1.83 bits per heavy atom. The van der Waals surface area contributed by atoms with E-state index in [0.29, 0.717) is 0 Å². The second-order valence-electron chi connectivity index (χ2n) is 4.33. The molecule has 0 spiro atoms. The van der Waals surface area contributed by atoms with Crippen molar-refractivity contribution in [3.05, 3.63) is 29.5 Å². The quantitative estimate of drug-likeness (QED) is 0.904. The molecule has 1 heterocycles. The average molecular weight is 246 g/mol. The fourth-order valence-electron chi connectivity index (χ4n) is 2.22. The van der Waals surface area contributed by atoms with Crippen LogP contribution < -0.4 is 15.2 Å². The van der Waals surface area contributed by atoms with Crippen LogP contribution in [-0.2, 0) is 0 Å². The number of fused-ring (bicyclic) bond motifs is 1. The largest absolute Gasteiger partial charge is 0.496 e. The molecule has 0 aliphatic carbocycles. The normalized spacial score (nSPS) is 12.5. The molecule has 2 N–H and O–H groups in total. The van der Waals surface area contributed by atoms with Gasteiger partial charge in [-0.25, -0.2) is 0 Å². The van der Waals surface area contributed by atoms with Crippen molar-refractivity contribution in [2.75, 3.05) is 14.2 Å². The Balaban J connectivity index is 2.89. The molecule has 4 heteroatoms. The minimum atomic E-state index is -0.151. The van der Waals surface area contributed by atoms with Gasteiger partial charge >= 0.3 is 0 Å². The lowest BCUT2D eigenvalue weighted by Crippen LogP contribution is -2.09. The van der Waals surface area contributed by atoms with Crippen LogP contribution in [0.2, 0.25) is 0 Å². The number of nitrogens with zero attached hydrogens (tertiary/aromatic N) is 1. The highest BCUT2D eigenvalue weighted by Crippen LogP contribution is 2.37. The molecule has 0 fully saturated rings. The topological polar surface area (TPSA) is 57.4 Å². The van der Waals surface area contributed by atoms with Crippen molar-refractivity contribution in [3.8, 4) is 11.5 Å². The maximum absolute atomic E-state index is 6.05. The van der Waals surface area contributed by atoms with Crippen LogP contribution in [0.5, 0.6) is 11.5 Å². The van der Waals surface area contributed by atoms with Crippen LogP contribution in [0.3, 0.4) is 0 Å². The number of ether oxygens (including phenoxy) is 2. The van der Waals surface area contributed by atoms with Crippen LogP contribution in [0.15, 0.2) is 18.2 Å². The van der Waals surface area contributed by atoms with Gasteiger partial charge < -0.3 is 15.2 Å². The summed E-state index contributed by atoms with van der Waals surface area (Å²) in [6.07, 6.45) is 0. The van der Waals surface area contributed by atoms with Crippen LogP contribution in [0.1, 0.15) is 24.2 Å². The van der Waals surface area contributed by atoms with E-state index in [4.69, 9.17) is 15.2 Å². The minimum absolute atomic E-state index is 0.151. The van der Waals surface area contributed by atoms with Crippen LogP contribution >= 0.6 is 0 Å². The van der Waals surface area contributed by atoms with E-state index in [-0.39, 0.29) is 6.04 Å². The molecule has 2 aromatic rings. The van der Waals surface area contributed by atoms with Crippen LogP contribution in [0.25, 0.3) is 10.9 Å². The van der Waals surface area contributed by atoms with E-state index in [1.54, 1.807) is 14.2 Å². The van der Waals surface area contributed by atoms with Crippen molar-refractivity contribution in [3.63, 3.8) is 0 Å². The van der Waals surface area contributed by atoms with Crippen molar-refractivity contribution in [1.29, 1.82) is 0 Å². The Hall–Kier alpha value is -1.81. The Bertz CT molecular complexity index is 580. The molecular weight excluding hydrogens is 228 g/mol. The summed E-state index contributed by atoms with van der Waals surface area (Å²) >= 11 is 0. The van der Waals surface area contributed by atoms with Gasteiger partial charge in [0.15, 0.2) is 0 Å². The zero-order valence-electron chi connectivity index (χ0n) is 11.2. The molecule has 0 amide bonds. The van der Waals surface area contributed by atoms with Crippen molar-refractivity contribution in [1.82, 2.24) is 4.98 Å². The lowest BCUT2D eigenvalue weighted by molar-refractivity contribution is 0.405. The van der Waals surface area contributed by atoms with E-state index >= 15 is 0 Å². The predicted octanol–water partition coefficient (Wildman–Crippen LogP) is 2.58. The number of rotatable bonds is 3. The van der Waals surface area contributed by atoms with Crippen LogP contribution in [-0.4, -0.2) is 19.2 Å². The van der Waals surface area contributed by atoms with Gasteiger partial charge in [0.1, 0.15) is 11.5 Å². The third-order valence-electron chi connectivity index (χ3n) is 2.96. The number of hydrogen-bond donors (Lipinski definition) is 1. The number of hydrogen-bond acceptors (Lipinski definition) is 4. The lowest BCUT2D eigenvalue weighted by Gasteiger charge is -2.17. The molecule has 18 heavy (non-hydrogen) atoms. The van der Waals surface area contributed by atoms with E-state index in [9.17, 15) is 0 Å². The van der Waals surface area contributed by atoms with Gasteiger partial charge in [0.25, 0.3) is 0 Å². The Kier molecular flexibility index (Phi) is 3.39. The zero-order chi connectivity index (χ0) is 13.3. The molecule has 0 aliphatic heterocycles. The summed E-state index contributed by atoms with van der Waals surface area (Å²) in [5, 5.41) is 0.928. The molecular formula is C14H18N2O2. The zero-order valence-corrected chi connectivity index (χ0v) is 11.2. The Morgan fingerprint density at radius 3 is 2.39 bits per heavy atom. The maximum atomic E-state index is 6.05. The van der Waals surface area contributed by atoms with Gasteiger partial charge in [-0.05, 0) is 26.0 Å². The molecule has 0 saturated carbocycles. The molecule has 0 saturated heterocycles. The molecule has 96 valence electrons. The van der Waals surface area contributed by atoms with E-state index < -0.39 is 0 Å². The highest BCUT2D eigenvalue weighted by Gasteiger charge is 2.17. The first-order valence-corrected chi connectivity index (χ1v) is 5.86. The SMILES string of the molecule is COc1ccc2nc(C)cc(OC)c2c1C(C)N. The number of aromatic nitrogens is 1. The summed E-state index contributed by atoms with van der Waals surface area (Å²) in [6.45, 7) is 3.87. The third-order valence-corrected chi connectivity index (χ3v) is 2.96. The fraction of sp³-hybridized carbons (Fsp3) is 0.357. The first-order valence-electron chi connectivity index (χ1n) is 5.86. The Morgan fingerprint density at radius 1 is 1.17 bits per heavy atom. The predicted molar refractivity (Wildman–Crippen MR) is 72.2 cm³/mol. The lowest BCUT2D eigenvalue weighted by atomic mass is 10.0. The van der Waals surface area contributed by atoms with Crippen molar-refractivity contribution in [2.24, 2.45) is 5.73 Å². The number of methoxy groups -OCH3 is 2. The minimum Gasteiger partial charge on any atom is -0.496 e. The molecule has 4 nitrogen and oxygen atoms in total. The summed E-state index contributed by atoms with van der Waals surface area (Å²) in [7, 11) is 3.29. The van der Waals surface area contributed by atoms with Gasteiger partial charge in [0, 0.05) is 23.4 Å². The molecule has 1 atom stereocenters. The number of aryl methyl sites for hydroxylation is 1. The highest BCUT2D eigenvalue weighted by molar-refractivity contribution is 5.91. The second-order valence-corrected chi connectivity index (χ2v) is 4.33. The third kappa shape index (κ3) is 1.99. The second kappa shape index (κ2) is 4.82. The fourth-order valence-corrected chi connectivity index (χ4v) is 2.22. The van der Waals surface area contributed by atoms with E-state index in [1.165, 1.54) is 0 Å². The maximum Gasteiger partial charge on any atom is 0.130 e. The highest BCUT2D eigenvalue weighted by atomic mass is 16.5. The molecule has 2 rings (SSSR count). The van der Waals surface area contributed by atoms with Crippen LogP contribution in [0, 0.1) is 6.92 Å². The number of pyridine rings is 1. The van der Waals surface area contributed by atoms with Gasteiger partial charge in [0.05, 0.1) is 25.1 Å². The van der Waals surface area contributed by atoms with Gasteiger partial charge in [0.2, 0.25) is 0 Å². The van der Waals surface area contributed by atoms with Crippen molar-refractivity contribution in [2.45, 2.75) is 19.9 Å².